The van der Waals surface area contributed by atoms with Gasteiger partial charge in [0.25, 0.3) is 0 Å². The van der Waals surface area contributed by atoms with E-state index in [1.54, 1.807) is 6.08 Å². The minimum Gasteiger partial charge on any atom is -0.356 e. The molecule has 1 fully saturated rings. The Balaban J connectivity index is 1.35. The number of hydrogen-bond donors (Lipinski definition) is 1. The van der Waals surface area contributed by atoms with Gasteiger partial charge >= 0.3 is 0 Å². The summed E-state index contributed by atoms with van der Waals surface area (Å²) in [5.41, 5.74) is 2.31. The highest BCUT2D eigenvalue weighted by Crippen LogP contribution is 2.18. The molecule has 0 unspecified atom stereocenters. The Bertz CT molecular complexity index is 779. The molecule has 1 saturated heterocycles. The molecule has 2 aromatic carbocycles. The van der Waals surface area contributed by atoms with Crippen LogP contribution in [0.1, 0.15) is 30.4 Å². The van der Waals surface area contributed by atoms with Crippen molar-refractivity contribution >= 4 is 17.9 Å². The van der Waals surface area contributed by atoms with E-state index in [2.05, 4.69) is 17.4 Å². The number of carbonyl (C=O) groups is 2. The second kappa shape index (κ2) is 10.5. The third-order valence-electron chi connectivity index (χ3n) is 5.18. The topological polar surface area (TPSA) is 49.4 Å². The molecule has 1 heterocycles. The summed E-state index contributed by atoms with van der Waals surface area (Å²) in [6.07, 6.45) is 6.84. The zero-order chi connectivity index (χ0) is 19.6. The molecule has 0 radical (unpaired) electrons. The molecule has 28 heavy (non-hydrogen) atoms. The smallest absolute Gasteiger partial charge is 0.246 e. The molecule has 1 N–H and O–H groups in total. The lowest BCUT2D eigenvalue weighted by Gasteiger charge is -2.30. The van der Waals surface area contributed by atoms with E-state index in [4.69, 9.17) is 0 Å². The molecule has 3 rings (SSSR count). The van der Waals surface area contributed by atoms with Gasteiger partial charge in [0.15, 0.2) is 0 Å². The largest absolute Gasteiger partial charge is 0.356 e. The van der Waals surface area contributed by atoms with Gasteiger partial charge in [0.05, 0.1) is 0 Å². The molecule has 0 bridgehead atoms. The Morgan fingerprint density at radius 3 is 2.29 bits per heavy atom. The SMILES string of the molecule is O=C(NCCCc1ccccc1)C1CCN(C(=O)/C=C/c2ccccc2)CC1. The van der Waals surface area contributed by atoms with Crippen LogP contribution in [0.2, 0.25) is 0 Å². The number of aryl methyl sites for hydroxylation is 1. The van der Waals surface area contributed by atoms with Crippen molar-refractivity contribution in [2.45, 2.75) is 25.7 Å². The maximum absolute atomic E-state index is 12.4. The molecule has 1 aliphatic heterocycles. The fourth-order valence-corrected chi connectivity index (χ4v) is 3.49. The van der Waals surface area contributed by atoms with Gasteiger partial charge in [0.1, 0.15) is 0 Å². The highest BCUT2D eigenvalue weighted by molar-refractivity contribution is 5.92. The minimum atomic E-state index is 0.0129. The predicted molar refractivity (Wildman–Crippen MR) is 113 cm³/mol. The monoisotopic (exact) mass is 376 g/mol. The standard InChI is InChI=1S/C24H28N2O2/c27-23(14-13-21-10-5-2-6-11-21)26-18-15-22(16-19-26)24(28)25-17-7-12-20-8-3-1-4-9-20/h1-6,8-11,13-14,22H,7,12,15-19H2,(H,25,28)/b14-13+. The van der Waals surface area contributed by atoms with Crippen LogP contribution in [0.4, 0.5) is 0 Å². The lowest BCUT2D eigenvalue weighted by Crippen LogP contribution is -2.42. The number of amides is 2. The van der Waals surface area contributed by atoms with Crippen LogP contribution in [0.3, 0.4) is 0 Å². The number of nitrogens with zero attached hydrogens (tertiary/aromatic N) is 1. The highest BCUT2D eigenvalue weighted by atomic mass is 16.2. The summed E-state index contributed by atoms with van der Waals surface area (Å²) in [7, 11) is 0. The molecular formula is C24H28N2O2. The van der Waals surface area contributed by atoms with Crippen LogP contribution in [0, 0.1) is 5.92 Å². The van der Waals surface area contributed by atoms with Crippen molar-refractivity contribution in [1.82, 2.24) is 10.2 Å². The first-order chi connectivity index (χ1) is 13.7. The molecule has 2 amide bonds. The first-order valence-electron chi connectivity index (χ1n) is 10.1. The summed E-state index contributed by atoms with van der Waals surface area (Å²) < 4.78 is 0. The average molecular weight is 377 g/mol. The summed E-state index contributed by atoms with van der Waals surface area (Å²) in [6.45, 7) is 1.98. The fourth-order valence-electron chi connectivity index (χ4n) is 3.49. The number of likely N-dealkylation sites (tertiary alicyclic amines) is 1. The van der Waals surface area contributed by atoms with Gasteiger partial charge in [-0.15, -0.1) is 0 Å². The summed E-state index contributed by atoms with van der Waals surface area (Å²) in [6, 6.07) is 20.1. The van der Waals surface area contributed by atoms with Crippen molar-refractivity contribution in [3.8, 4) is 0 Å². The van der Waals surface area contributed by atoms with E-state index in [-0.39, 0.29) is 17.7 Å². The lowest BCUT2D eigenvalue weighted by atomic mass is 9.95. The van der Waals surface area contributed by atoms with Crippen molar-refractivity contribution in [2.75, 3.05) is 19.6 Å². The van der Waals surface area contributed by atoms with E-state index >= 15 is 0 Å². The van der Waals surface area contributed by atoms with Gasteiger partial charge in [0.2, 0.25) is 11.8 Å². The molecule has 1 aliphatic rings. The summed E-state index contributed by atoms with van der Waals surface area (Å²) in [5, 5.41) is 3.06. The third-order valence-corrected chi connectivity index (χ3v) is 5.18. The molecule has 146 valence electrons. The van der Waals surface area contributed by atoms with Crippen molar-refractivity contribution in [2.24, 2.45) is 5.92 Å². The van der Waals surface area contributed by atoms with E-state index in [1.165, 1.54) is 5.56 Å². The van der Waals surface area contributed by atoms with Crippen molar-refractivity contribution in [1.29, 1.82) is 0 Å². The Labute approximate surface area is 167 Å². The van der Waals surface area contributed by atoms with Crippen LogP contribution in [-0.4, -0.2) is 36.3 Å². The second-order valence-electron chi connectivity index (χ2n) is 7.22. The van der Waals surface area contributed by atoms with Crippen LogP contribution in [0.15, 0.2) is 66.7 Å². The normalized spacial score (nSPS) is 14.9. The Hall–Kier alpha value is -2.88. The zero-order valence-corrected chi connectivity index (χ0v) is 16.2. The fraction of sp³-hybridized carbons (Fsp3) is 0.333. The lowest BCUT2D eigenvalue weighted by molar-refractivity contribution is -0.132. The molecular weight excluding hydrogens is 348 g/mol. The van der Waals surface area contributed by atoms with Gasteiger partial charge < -0.3 is 10.2 Å². The van der Waals surface area contributed by atoms with E-state index in [9.17, 15) is 9.59 Å². The van der Waals surface area contributed by atoms with E-state index in [1.807, 2.05) is 59.5 Å². The minimum absolute atomic E-state index is 0.0129. The quantitative estimate of drug-likeness (QED) is 0.592. The number of hydrogen-bond acceptors (Lipinski definition) is 2. The summed E-state index contributed by atoms with van der Waals surface area (Å²) in [5.74, 6) is 0.157. The molecule has 0 aromatic heterocycles. The van der Waals surface area contributed by atoms with Gasteiger partial charge in [-0.05, 0) is 42.9 Å². The van der Waals surface area contributed by atoms with E-state index < -0.39 is 0 Å². The molecule has 0 saturated carbocycles. The number of nitrogens with one attached hydrogen (secondary N) is 1. The average Bonchev–Trinajstić information content (AvgIpc) is 2.76. The van der Waals surface area contributed by atoms with Gasteiger partial charge in [-0.3, -0.25) is 9.59 Å². The van der Waals surface area contributed by atoms with Gasteiger partial charge in [0, 0.05) is 31.6 Å². The van der Waals surface area contributed by atoms with E-state index in [0.29, 0.717) is 19.6 Å². The molecule has 4 heteroatoms. The van der Waals surface area contributed by atoms with Crippen molar-refractivity contribution < 1.29 is 9.59 Å². The molecule has 2 aromatic rings. The van der Waals surface area contributed by atoms with Gasteiger partial charge in [-0.1, -0.05) is 60.7 Å². The number of piperidine rings is 1. The Kier molecular flexibility index (Phi) is 7.42. The summed E-state index contributed by atoms with van der Waals surface area (Å²) >= 11 is 0. The van der Waals surface area contributed by atoms with Gasteiger partial charge in [-0.25, -0.2) is 0 Å². The second-order valence-corrected chi connectivity index (χ2v) is 7.22. The van der Waals surface area contributed by atoms with Crippen molar-refractivity contribution in [3.05, 3.63) is 77.9 Å². The zero-order valence-electron chi connectivity index (χ0n) is 16.2. The van der Waals surface area contributed by atoms with Crippen LogP contribution >= 0.6 is 0 Å². The van der Waals surface area contributed by atoms with Gasteiger partial charge in [-0.2, -0.15) is 0 Å². The maximum Gasteiger partial charge on any atom is 0.246 e. The predicted octanol–water partition coefficient (Wildman–Crippen LogP) is 3.69. The number of rotatable bonds is 7. The highest BCUT2D eigenvalue weighted by Gasteiger charge is 2.26. The molecule has 4 nitrogen and oxygen atoms in total. The van der Waals surface area contributed by atoms with Crippen LogP contribution in [0.5, 0.6) is 0 Å². The maximum atomic E-state index is 12.4. The third kappa shape index (κ3) is 6.08. The Morgan fingerprint density at radius 1 is 0.964 bits per heavy atom. The van der Waals surface area contributed by atoms with Crippen LogP contribution < -0.4 is 5.32 Å². The first-order valence-corrected chi connectivity index (χ1v) is 10.1. The van der Waals surface area contributed by atoms with E-state index in [0.717, 1.165) is 31.2 Å². The number of carbonyl (C=O) groups excluding carboxylic acids is 2. The summed E-state index contributed by atoms with van der Waals surface area (Å²) in [4.78, 5) is 26.5. The number of benzene rings is 2. The molecule has 0 spiro atoms. The van der Waals surface area contributed by atoms with Crippen LogP contribution in [-0.2, 0) is 16.0 Å². The molecule has 0 atom stereocenters. The Morgan fingerprint density at radius 2 is 1.61 bits per heavy atom. The first kappa shape index (κ1) is 19.9. The molecule has 0 aliphatic carbocycles. The van der Waals surface area contributed by atoms with Crippen molar-refractivity contribution in [3.63, 3.8) is 0 Å². The van der Waals surface area contributed by atoms with Crippen LogP contribution in [0.25, 0.3) is 6.08 Å².